The summed E-state index contributed by atoms with van der Waals surface area (Å²) >= 11 is 0.789. The van der Waals surface area contributed by atoms with Gasteiger partial charge in [-0.15, -0.1) is 11.3 Å². The van der Waals surface area contributed by atoms with Gasteiger partial charge in [-0.3, -0.25) is 0 Å². The standard InChI is InChI=1S/C12H12N2O4S2/c15-11(16)10-12(19-8-13-10)20(17,18)14-7-6-9-4-2-1-3-5-9/h1-5,8,14H,6-7H2,(H,15,16). The van der Waals surface area contributed by atoms with Gasteiger partial charge in [0.25, 0.3) is 10.0 Å². The zero-order valence-corrected chi connectivity index (χ0v) is 11.9. The fourth-order valence-electron chi connectivity index (χ4n) is 1.61. The molecule has 2 rings (SSSR count). The summed E-state index contributed by atoms with van der Waals surface area (Å²) in [6.07, 6.45) is 0.529. The van der Waals surface area contributed by atoms with E-state index in [2.05, 4.69) is 9.71 Å². The summed E-state index contributed by atoms with van der Waals surface area (Å²) in [6.45, 7) is 0.198. The van der Waals surface area contributed by atoms with E-state index in [1.807, 2.05) is 30.3 Å². The van der Waals surface area contributed by atoms with Crippen molar-refractivity contribution in [1.82, 2.24) is 9.71 Å². The normalized spacial score (nSPS) is 11.4. The summed E-state index contributed by atoms with van der Waals surface area (Å²) in [7, 11) is -3.84. The second-order valence-electron chi connectivity index (χ2n) is 3.93. The lowest BCUT2D eigenvalue weighted by Crippen LogP contribution is -2.26. The minimum atomic E-state index is -3.84. The van der Waals surface area contributed by atoms with E-state index < -0.39 is 21.7 Å². The Morgan fingerprint density at radius 3 is 2.65 bits per heavy atom. The van der Waals surface area contributed by atoms with Crippen molar-refractivity contribution < 1.29 is 18.3 Å². The predicted molar refractivity (Wildman–Crippen MR) is 74.4 cm³/mol. The minimum absolute atomic E-state index is 0.198. The predicted octanol–water partition coefficient (Wildman–Crippen LogP) is 1.36. The van der Waals surface area contributed by atoms with Crippen molar-refractivity contribution in [2.45, 2.75) is 10.6 Å². The fourth-order valence-corrected chi connectivity index (χ4v) is 3.82. The van der Waals surface area contributed by atoms with Crippen LogP contribution in [0.5, 0.6) is 0 Å². The van der Waals surface area contributed by atoms with Crippen LogP contribution in [0.4, 0.5) is 0 Å². The lowest BCUT2D eigenvalue weighted by molar-refractivity contribution is 0.0687. The third kappa shape index (κ3) is 3.41. The maximum atomic E-state index is 12.0. The first-order chi connectivity index (χ1) is 9.50. The first-order valence-electron chi connectivity index (χ1n) is 5.71. The van der Waals surface area contributed by atoms with Gasteiger partial charge in [-0.1, -0.05) is 30.3 Å². The van der Waals surface area contributed by atoms with Crippen molar-refractivity contribution in [3.8, 4) is 0 Å². The Kier molecular flexibility index (Phi) is 4.48. The molecule has 0 aliphatic carbocycles. The SMILES string of the molecule is O=C(O)c1ncsc1S(=O)(=O)NCCc1ccccc1. The van der Waals surface area contributed by atoms with Gasteiger partial charge < -0.3 is 5.11 Å². The summed E-state index contributed by atoms with van der Waals surface area (Å²) in [5.41, 5.74) is 1.76. The molecule has 0 spiro atoms. The third-order valence-corrected chi connectivity index (χ3v) is 5.36. The largest absolute Gasteiger partial charge is 0.476 e. The van der Waals surface area contributed by atoms with Gasteiger partial charge in [0.15, 0.2) is 9.90 Å². The number of hydrogen-bond donors (Lipinski definition) is 2. The first kappa shape index (κ1) is 14.6. The number of aromatic carboxylic acids is 1. The highest BCUT2D eigenvalue weighted by molar-refractivity contribution is 7.91. The van der Waals surface area contributed by atoms with E-state index in [0.717, 1.165) is 16.9 Å². The molecule has 8 heteroatoms. The van der Waals surface area contributed by atoms with Gasteiger partial charge in [-0.2, -0.15) is 0 Å². The number of carboxylic acid groups (broad SMARTS) is 1. The van der Waals surface area contributed by atoms with Crippen LogP contribution in [-0.2, 0) is 16.4 Å². The van der Waals surface area contributed by atoms with Crippen molar-refractivity contribution in [3.63, 3.8) is 0 Å². The van der Waals surface area contributed by atoms with Gasteiger partial charge in [0.2, 0.25) is 0 Å². The van der Waals surface area contributed by atoms with E-state index in [1.165, 1.54) is 5.51 Å². The number of hydrogen-bond acceptors (Lipinski definition) is 5. The van der Waals surface area contributed by atoms with Gasteiger partial charge in [0.05, 0.1) is 5.51 Å². The average molecular weight is 312 g/mol. The highest BCUT2D eigenvalue weighted by Crippen LogP contribution is 2.19. The number of nitrogens with zero attached hydrogens (tertiary/aromatic N) is 1. The fraction of sp³-hybridized carbons (Fsp3) is 0.167. The molecule has 0 amide bonds. The number of carboxylic acids is 1. The van der Waals surface area contributed by atoms with Crippen LogP contribution in [0.15, 0.2) is 40.1 Å². The molecule has 20 heavy (non-hydrogen) atoms. The van der Waals surface area contributed by atoms with Crippen LogP contribution in [0.2, 0.25) is 0 Å². The molecule has 0 saturated heterocycles. The highest BCUT2D eigenvalue weighted by atomic mass is 32.2. The van der Waals surface area contributed by atoms with Gasteiger partial charge in [0, 0.05) is 6.54 Å². The lowest BCUT2D eigenvalue weighted by atomic mass is 10.2. The summed E-state index contributed by atoms with van der Waals surface area (Å²) < 4.78 is 26.1. The molecular formula is C12H12N2O4S2. The summed E-state index contributed by atoms with van der Waals surface area (Å²) in [4.78, 5) is 14.4. The van der Waals surface area contributed by atoms with Crippen molar-refractivity contribution in [2.24, 2.45) is 0 Å². The van der Waals surface area contributed by atoms with Crippen molar-refractivity contribution in [2.75, 3.05) is 6.54 Å². The lowest BCUT2D eigenvalue weighted by Gasteiger charge is -2.05. The zero-order chi connectivity index (χ0) is 14.6. The van der Waals surface area contributed by atoms with Crippen LogP contribution in [-0.4, -0.2) is 31.0 Å². The highest BCUT2D eigenvalue weighted by Gasteiger charge is 2.25. The molecule has 1 heterocycles. The number of thiazole rings is 1. The van der Waals surface area contributed by atoms with Crippen LogP contribution in [0.1, 0.15) is 16.1 Å². The van der Waals surface area contributed by atoms with Crippen molar-refractivity contribution in [3.05, 3.63) is 47.1 Å². The Balaban J connectivity index is 2.04. The quantitative estimate of drug-likeness (QED) is 0.839. The smallest absolute Gasteiger partial charge is 0.356 e. The second-order valence-corrected chi connectivity index (χ2v) is 6.74. The average Bonchev–Trinajstić information content (AvgIpc) is 2.90. The minimum Gasteiger partial charge on any atom is -0.476 e. The van der Waals surface area contributed by atoms with E-state index in [0.29, 0.717) is 6.42 Å². The maximum absolute atomic E-state index is 12.0. The molecule has 0 saturated carbocycles. The molecule has 0 fully saturated rings. The molecule has 0 aliphatic heterocycles. The van der Waals surface area contributed by atoms with Crippen LogP contribution in [0, 0.1) is 0 Å². The molecular weight excluding hydrogens is 300 g/mol. The molecule has 0 unspecified atom stereocenters. The molecule has 0 radical (unpaired) electrons. The topological polar surface area (TPSA) is 96.4 Å². The molecule has 0 bridgehead atoms. The number of rotatable bonds is 6. The van der Waals surface area contributed by atoms with E-state index in [1.54, 1.807) is 0 Å². The molecule has 6 nitrogen and oxygen atoms in total. The van der Waals surface area contributed by atoms with Crippen LogP contribution < -0.4 is 4.72 Å². The number of sulfonamides is 1. The molecule has 1 aromatic carbocycles. The van der Waals surface area contributed by atoms with Gasteiger partial charge >= 0.3 is 5.97 Å². The molecule has 2 N–H and O–H groups in total. The first-order valence-corrected chi connectivity index (χ1v) is 8.07. The van der Waals surface area contributed by atoms with Crippen LogP contribution in [0.25, 0.3) is 0 Å². The van der Waals surface area contributed by atoms with Crippen LogP contribution >= 0.6 is 11.3 Å². The summed E-state index contributed by atoms with van der Waals surface area (Å²) in [6, 6.07) is 9.41. The Bertz CT molecular complexity index is 695. The Morgan fingerprint density at radius 1 is 1.30 bits per heavy atom. The molecule has 0 atom stereocenters. The molecule has 2 aromatic rings. The Morgan fingerprint density at radius 2 is 2.00 bits per heavy atom. The maximum Gasteiger partial charge on any atom is 0.356 e. The van der Waals surface area contributed by atoms with Gasteiger partial charge in [-0.25, -0.2) is 22.9 Å². The summed E-state index contributed by atoms with van der Waals surface area (Å²) in [5, 5.41) is 8.87. The second kappa shape index (κ2) is 6.12. The molecule has 106 valence electrons. The van der Waals surface area contributed by atoms with Crippen molar-refractivity contribution in [1.29, 1.82) is 0 Å². The Hall–Kier alpha value is -1.77. The van der Waals surface area contributed by atoms with Crippen molar-refractivity contribution >= 4 is 27.3 Å². The van der Waals surface area contributed by atoms with E-state index in [-0.39, 0.29) is 10.8 Å². The van der Waals surface area contributed by atoms with Gasteiger partial charge in [-0.05, 0) is 12.0 Å². The number of aromatic nitrogens is 1. The van der Waals surface area contributed by atoms with E-state index >= 15 is 0 Å². The van der Waals surface area contributed by atoms with E-state index in [9.17, 15) is 13.2 Å². The third-order valence-electron chi connectivity index (χ3n) is 2.53. The Labute approximate surface area is 120 Å². The zero-order valence-electron chi connectivity index (χ0n) is 10.3. The van der Waals surface area contributed by atoms with Crippen LogP contribution in [0.3, 0.4) is 0 Å². The van der Waals surface area contributed by atoms with E-state index in [4.69, 9.17) is 5.11 Å². The van der Waals surface area contributed by atoms with Gasteiger partial charge in [0.1, 0.15) is 0 Å². The number of benzene rings is 1. The number of nitrogens with one attached hydrogen (secondary N) is 1. The molecule has 0 aliphatic rings. The number of carbonyl (C=O) groups is 1. The molecule has 1 aromatic heterocycles. The summed E-state index contributed by atoms with van der Waals surface area (Å²) in [5.74, 6) is -1.35. The monoisotopic (exact) mass is 312 g/mol.